The molecule has 0 bridgehead atoms. The maximum absolute atomic E-state index is 8.34. The molecule has 0 amide bonds. The van der Waals surface area contributed by atoms with Crippen molar-refractivity contribution in [3.63, 3.8) is 0 Å². The molecule has 2 aromatic rings. The third kappa shape index (κ3) is 5.71. The topological polar surface area (TPSA) is 20.2 Å². The average Bonchev–Trinajstić information content (AvgIpc) is 2.43. The molecule has 0 atom stereocenters. The van der Waals surface area contributed by atoms with Crippen LogP contribution in [0.3, 0.4) is 0 Å². The minimum Gasteiger partial charge on any atom is -0.516 e. The number of rotatable bonds is 3. The molecule has 2 rings (SSSR count). The minimum absolute atomic E-state index is 0.973. The predicted molar refractivity (Wildman–Crippen MR) is 78.4 cm³/mol. The summed E-state index contributed by atoms with van der Waals surface area (Å²) in [4.78, 5) is 0. The van der Waals surface area contributed by atoms with Crippen molar-refractivity contribution < 1.29 is 5.11 Å². The molecule has 0 aromatic heterocycles. The molecular formula is C17H18O. The standard InChI is InChI=1S/C9H10.C8H8O/c1-2-6-9-7-4-3-5-8-9;9-7-6-8-4-2-1-3-5-8/h2-5,7-8H,1,6H2;1-7,9H. The van der Waals surface area contributed by atoms with Gasteiger partial charge in [0.05, 0.1) is 6.26 Å². The Kier molecular flexibility index (Phi) is 6.76. The van der Waals surface area contributed by atoms with Gasteiger partial charge < -0.3 is 5.11 Å². The van der Waals surface area contributed by atoms with Crippen molar-refractivity contribution in [1.82, 2.24) is 0 Å². The Labute approximate surface area is 109 Å². The maximum atomic E-state index is 8.34. The van der Waals surface area contributed by atoms with Gasteiger partial charge in [0.15, 0.2) is 0 Å². The predicted octanol–water partition coefficient (Wildman–Crippen LogP) is 4.63. The quantitative estimate of drug-likeness (QED) is 0.610. The van der Waals surface area contributed by atoms with Gasteiger partial charge >= 0.3 is 0 Å². The molecule has 92 valence electrons. The van der Waals surface area contributed by atoms with Crippen LogP contribution in [-0.4, -0.2) is 5.11 Å². The summed E-state index contributed by atoms with van der Waals surface area (Å²) in [5.41, 5.74) is 2.34. The van der Waals surface area contributed by atoms with Crippen LogP contribution in [0.4, 0.5) is 0 Å². The van der Waals surface area contributed by atoms with Crippen LogP contribution in [0.1, 0.15) is 11.1 Å². The van der Waals surface area contributed by atoms with Gasteiger partial charge in [-0.3, -0.25) is 0 Å². The van der Waals surface area contributed by atoms with E-state index in [0.29, 0.717) is 0 Å². The fraction of sp³-hybridized carbons (Fsp3) is 0.0588. The summed E-state index contributed by atoms with van der Waals surface area (Å²) in [6, 6.07) is 19.9. The summed E-state index contributed by atoms with van der Waals surface area (Å²) < 4.78 is 0. The van der Waals surface area contributed by atoms with Crippen LogP contribution >= 0.6 is 0 Å². The van der Waals surface area contributed by atoms with Crippen LogP contribution < -0.4 is 0 Å². The molecule has 0 saturated heterocycles. The summed E-state index contributed by atoms with van der Waals surface area (Å²) in [6.45, 7) is 3.66. The summed E-state index contributed by atoms with van der Waals surface area (Å²) in [5, 5.41) is 8.34. The van der Waals surface area contributed by atoms with E-state index in [-0.39, 0.29) is 0 Å². The molecule has 1 N–H and O–H groups in total. The molecule has 0 saturated carbocycles. The highest BCUT2D eigenvalue weighted by Gasteiger charge is 1.82. The molecule has 0 aliphatic heterocycles. The SMILES string of the molecule is C=CCc1ccccc1.OC=Cc1ccccc1. The highest BCUT2D eigenvalue weighted by atomic mass is 16.2. The lowest BCUT2D eigenvalue weighted by atomic mass is 10.2. The van der Waals surface area contributed by atoms with Crippen LogP contribution in [0.5, 0.6) is 0 Å². The highest BCUT2D eigenvalue weighted by molar-refractivity contribution is 5.47. The Balaban J connectivity index is 0.000000180. The number of hydrogen-bond acceptors (Lipinski definition) is 1. The van der Waals surface area contributed by atoms with Crippen LogP contribution in [0.2, 0.25) is 0 Å². The van der Waals surface area contributed by atoms with Crippen LogP contribution in [0.25, 0.3) is 6.08 Å². The van der Waals surface area contributed by atoms with E-state index in [2.05, 4.69) is 18.7 Å². The van der Waals surface area contributed by atoms with Gasteiger partial charge in [0.1, 0.15) is 0 Å². The second-order valence-electron chi connectivity index (χ2n) is 3.70. The van der Waals surface area contributed by atoms with Gasteiger partial charge in [0.25, 0.3) is 0 Å². The summed E-state index contributed by atoms with van der Waals surface area (Å²) in [6.07, 6.45) is 5.56. The van der Waals surface area contributed by atoms with E-state index in [1.165, 1.54) is 5.56 Å². The van der Waals surface area contributed by atoms with Gasteiger partial charge in [-0.15, -0.1) is 6.58 Å². The van der Waals surface area contributed by atoms with Gasteiger partial charge in [0.2, 0.25) is 0 Å². The first-order valence-corrected chi connectivity index (χ1v) is 5.87. The normalized spacial score (nSPS) is 9.56. The van der Waals surface area contributed by atoms with E-state index in [0.717, 1.165) is 18.2 Å². The zero-order valence-electron chi connectivity index (χ0n) is 10.4. The summed E-state index contributed by atoms with van der Waals surface area (Å²) >= 11 is 0. The van der Waals surface area contributed by atoms with E-state index in [9.17, 15) is 0 Å². The van der Waals surface area contributed by atoms with E-state index in [1.807, 2.05) is 54.6 Å². The van der Waals surface area contributed by atoms with Crippen molar-refractivity contribution in [3.8, 4) is 0 Å². The molecule has 0 aliphatic rings. The second kappa shape index (κ2) is 8.82. The van der Waals surface area contributed by atoms with Crippen LogP contribution in [0.15, 0.2) is 79.6 Å². The van der Waals surface area contributed by atoms with Crippen molar-refractivity contribution in [3.05, 3.63) is 90.7 Å². The van der Waals surface area contributed by atoms with Gasteiger partial charge in [-0.1, -0.05) is 66.7 Å². The highest BCUT2D eigenvalue weighted by Crippen LogP contribution is 1.99. The van der Waals surface area contributed by atoms with E-state index >= 15 is 0 Å². The average molecular weight is 238 g/mol. The lowest BCUT2D eigenvalue weighted by Crippen LogP contribution is -1.75. The number of allylic oxidation sites excluding steroid dienone is 1. The summed E-state index contributed by atoms with van der Waals surface area (Å²) in [5.74, 6) is 0. The first kappa shape index (κ1) is 13.8. The van der Waals surface area contributed by atoms with Crippen molar-refractivity contribution in [2.75, 3.05) is 0 Å². The van der Waals surface area contributed by atoms with Gasteiger partial charge in [-0.05, 0) is 23.6 Å². The molecule has 0 radical (unpaired) electrons. The molecule has 0 heterocycles. The van der Waals surface area contributed by atoms with Gasteiger partial charge in [0, 0.05) is 0 Å². The van der Waals surface area contributed by atoms with Gasteiger partial charge in [-0.25, -0.2) is 0 Å². The first-order valence-electron chi connectivity index (χ1n) is 5.87. The Bertz CT molecular complexity index is 457. The Hall–Kier alpha value is -2.28. The third-order valence-electron chi connectivity index (χ3n) is 2.29. The second-order valence-corrected chi connectivity index (χ2v) is 3.70. The van der Waals surface area contributed by atoms with E-state index in [1.54, 1.807) is 6.08 Å². The third-order valence-corrected chi connectivity index (χ3v) is 2.29. The van der Waals surface area contributed by atoms with Crippen LogP contribution in [-0.2, 0) is 6.42 Å². The molecule has 18 heavy (non-hydrogen) atoms. The lowest BCUT2D eigenvalue weighted by Gasteiger charge is -1.91. The number of benzene rings is 2. The smallest absolute Gasteiger partial charge is 0.0797 e. The molecular weight excluding hydrogens is 220 g/mol. The van der Waals surface area contributed by atoms with Gasteiger partial charge in [-0.2, -0.15) is 0 Å². The first-order chi connectivity index (χ1) is 8.86. The lowest BCUT2D eigenvalue weighted by molar-refractivity contribution is 0.478. The van der Waals surface area contributed by atoms with Crippen molar-refractivity contribution in [1.29, 1.82) is 0 Å². The molecule has 0 aliphatic carbocycles. The fourth-order valence-electron chi connectivity index (χ4n) is 1.43. The summed E-state index contributed by atoms with van der Waals surface area (Å²) in [7, 11) is 0. The molecule has 1 heteroatoms. The fourth-order valence-corrected chi connectivity index (χ4v) is 1.43. The van der Waals surface area contributed by atoms with E-state index in [4.69, 9.17) is 5.11 Å². The number of aliphatic hydroxyl groups excluding tert-OH is 1. The zero-order chi connectivity index (χ0) is 13.1. The van der Waals surface area contributed by atoms with Crippen molar-refractivity contribution in [2.24, 2.45) is 0 Å². The molecule has 2 aromatic carbocycles. The molecule has 1 nitrogen and oxygen atoms in total. The minimum atomic E-state index is 0.973. The number of hydrogen-bond donors (Lipinski definition) is 1. The van der Waals surface area contributed by atoms with E-state index < -0.39 is 0 Å². The van der Waals surface area contributed by atoms with Crippen molar-refractivity contribution >= 4 is 6.08 Å². The van der Waals surface area contributed by atoms with Crippen LogP contribution in [0, 0.1) is 0 Å². The maximum Gasteiger partial charge on any atom is 0.0797 e. The Morgan fingerprint density at radius 2 is 1.44 bits per heavy atom. The Morgan fingerprint density at radius 3 is 1.94 bits per heavy atom. The molecule has 0 spiro atoms. The zero-order valence-corrected chi connectivity index (χ0v) is 10.4. The Morgan fingerprint density at radius 1 is 0.889 bits per heavy atom. The monoisotopic (exact) mass is 238 g/mol. The number of aliphatic hydroxyl groups is 1. The molecule has 0 unspecified atom stereocenters. The van der Waals surface area contributed by atoms with Crippen molar-refractivity contribution in [2.45, 2.75) is 6.42 Å². The largest absolute Gasteiger partial charge is 0.516 e. The molecule has 0 fully saturated rings.